The van der Waals surface area contributed by atoms with Gasteiger partial charge in [-0.2, -0.15) is 18.3 Å². The molecule has 0 aliphatic carbocycles. The minimum absolute atomic E-state index is 0.0182. The Morgan fingerprint density at radius 3 is 2.19 bits per heavy atom. The summed E-state index contributed by atoms with van der Waals surface area (Å²) < 4.78 is 53.4. The van der Waals surface area contributed by atoms with Gasteiger partial charge in [-0.25, -0.2) is 4.98 Å². The Hall–Kier alpha value is -2.68. The third kappa shape index (κ3) is 4.48. The number of nitrogens with one attached hydrogen (secondary N) is 1. The fourth-order valence-electron chi connectivity index (χ4n) is 1.99. The van der Waals surface area contributed by atoms with Gasteiger partial charge in [0.2, 0.25) is 0 Å². The summed E-state index contributed by atoms with van der Waals surface area (Å²) in [7, 11) is 4.45. The van der Waals surface area contributed by atoms with Gasteiger partial charge < -0.3 is 14.2 Å². The van der Waals surface area contributed by atoms with E-state index in [9.17, 15) is 13.2 Å². The van der Waals surface area contributed by atoms with Gasteiger partial charge in [0.15, 0.2) is 17.3 Å². The number of hydrogen-bond acceptors (Lipinski definition) is 6. The lowest BCUT2D eigenvalue weighted by Gasteiger charge is -2.12. The zero-order chi connectivity index (χ0) is 19.3. The first-order valence-electron chi connectivity index (χ1n) is 7.12. The standard InChI is InChI=1S/C16H15ClF3N3O3/c1-24-12-6-14(26-3)13(25-2)4-9(12)7-22-23-15-11(17)5-10(8-21-15)16(18,19)20/h4-8H,1-3H3,(H,21,23)/b22-7+. The Morgan fingerprint density at radius 2 is 1.65 bits per heavy atom. The fourth-order valence-corrected chi connectivity index (χ4v) is 2.20. The minimum Gasteiger partial charge on any atom is -0.496 e. The van der Waals surface area contributed by atoms with E-state index in [-0.39, 0.29) is 10.8 Å². The normalized spacial score (nSPS) is 11.5. The molecule has 0 saturated carbocycles. The summed E-state index contributed by atoms with van der Waals surface area (Å²) >= 11 is 5.80. The topological polar surface area (TPSA) is 65.0 Å². The predicted octanol–water partition coefficient (Wildman–Crippen LogP) is 4.23. The third-order valence-corrected chi connectivity index (χ3v) is 3.57. The van der Waals surface area contributed by atoms with Crippen LogP contribution in [0.4, 0.5) is 19.0 Å². The highest BCUT2D eigenvalue weighted by Gasteiger charge is 2.31. The zero-order valence-electron chi connectivity index (χ0n) is 14.0. The highest BCUT2D eigenvalue weighted by molar-refractivity contribution is 6.32. The molecule has 2 rings (SSSR count). The Labute approximate surface area is 152 Å². The van der Waals surface area contributed by atoms with E-state index >= 15 is 0 Å². The molecule has 0 aliphatic heterocycles. The predicted molar refractivity (Wildman–Crippen MR) is 91.6 cm³/mol. The van der Waals surface area contributed by atoms with E-state index in [4.69, 9.17) is 25.8 Å². The molecular weight excluding hydrogens is 375 g/mol. The van der Waals surface area contributed by atoms with Crippen molar-refractivity contribution in [2.75, 3.05) is 26.8 Å². The van der Waals surface area contributed by atoms with Crippen LogP contribution < -0.4 is 19.6 Å². The molecule has 0 aliphatic rings. The third-order valence-electron chi connectivity index (χ3n) is 3.28. The molecule has 0 saturated heterocycles. The Balaban J connectivity index is 2.23. The molecule has 0 unspecified atom stereocenters. The molecule has 0 radical (unpaired) electrons. The van der Waals surface area contributed by atoms with Gasteiger partial charge in [-0.3, -0.25) is 5.43 Å². The largest absolute Gasteiger partial charge is 0.496 e. The first-order valence-corrected chi connectivity index (χ1v) is 7.49. The summed E-state index contributed by atoms with van der Waals surface area (Å²) in [5.74, 6) is 1.37. The second kappa shape index (κ2) is 8.13. The number of anilines is 1. The van der Waals surface area contributed by atoms with Crippen LogP contribution in [0.15, 0.2) is 29.5 Å². The smallest absolute Gasteiger partial charge is 0.417 e. The first kappa shape index (κ1) is 19.6. The van der Waals surface area contributed by atoms with Gasteiger partial charge in [-0.05, 0) is 12.1 Å². The average molecular weight is 390 g/mol. The number of benzene rings is 1. The van der Waals surface area contributed by atoms with Gasteiger partial charge in [-0.15, -0.1) is 0 Å². The van der Waals surface area contributed by atoms with E-state index in [1.165, 1.54) is 27.5 Å². The molecule has 1 aromatic heterocycles. The number of ether oxygens (including phenoxy) is 3. The van der Waals surface area contributed by atoms with E-state index < -0.39 is 11.7 Å². The summed E-state index contributed by atoms with van der Waals surface area (Å²) in [5, 5.41) is 3.71. The number of halogens is 4. The zero-order valence-corrected chi connectivity index (χ0v) is 14.8. The van der Waals surface area contributed by atoms with Crippen molar-refractivity contribution in [1.29, 1.82) is 0 Å². The van der Waals surface area contributed by atoms with Crippen molar-refractivity contribution in [2.45, 2.75) is 6.18 Å². The van der Waals surface area contributed by atoms with E-state index in [2.05, 4.69) is 15.5 Å². The van der Waals surface area contributed by atoms with Crippen LogP contribution in [-0.2, 0) is 6.18 Å². The number of methoxy groups -OCH3 is 3. The number of hydrazone groups is 1. The van der Waals surface area contributed by atoms with Crippen molar-refractivity contribution in [3.05, 3.63) is 40.5 Å². The summed E-state index contributed by atoms with van der Waals surface area (Å²) in [5.41, 5.74) is 2.09. The molecule has 26 heavy (non-hydrogen) atoms. The van der Waals surface area contributed by atoms with Crippen molar-refractivity contribution in [3.8, 4) is 17.2 Å². The second-order valence-corrected chi connectivity index (χ2v) is 5.28. The number of rotatable bonds is 6. The van der Waals surface area contributed by atoms with Gasteiger partial charge >= 0.3 is 6.18 Å². The molecule has 1 heterocycles. The van der Waals surface area contributed by atoms with Crippen LogP contribution in [0.1, 0.15) is 11.1 Å². The van der Waals surface area contributed by atoms with Gasteiger partial charge in [0.25, 0.3) is 0 Å². The van der Waals surface area contributed by atoms with Crippen LogP contribution in [-0.4, -0.2) is 32.5 Å². The summed E-state index contributed by atoms with van der Waals surface area (Å²) in [6.07, 6.45) is -2.47. The van der Waals surface area contributed by atoms with Gasteiger partial charge in [0, 0.05) is 17.8 Å². The average Bonchev–Trinajstić information content (AvgIpc) is 2.61. The molecule has 0 spiro atoms. The highest BCUT2D eigenvalue weighted by atomic mass is 35.5. The Morgan fingerprint density at radius 1 is 1.04 bits per heavy atom. The number of alkyl halides is 3. The van der Waals surface area contributed by atoms with Crippen molar-refractivity contribution >= 4 is 23.6 Å². The van der Waals surface area contributed by atoms with Crippen LogP contribution >= 0.6 is 11.6 Å². The first-order chi connectivity index (χ1) is 12.3. The van der Waals surface area contributed by atoms with Crippen molar-refractivity contribution in [3.63, 3.8) is 0 Å². The van der Waals surface area contributed by atoms with Crippen molar-refractivity contribution < 1.29 is 27.4 Å². The summed E-state index contributed by atoms with van der Waals surface area (Å²) in [6, 6.07) is 4.01. The molecule has 140 valence electrons. The number of pyridine rings is 1. The van der Waals surface area contributed by atoms with E-state index in [1.807, 2.05) is 0 Å². The maximum atomic E-state index is 12.6. The molecule has 0 amide bonds. The van der Waals surface area contributed by atoms with Gasteiger partial charge in [-0.1, -0.05) is 11.6 Å². The van der Waals surface area contributed by atoms with Crippen LogP contribution in [0.2, 0.25) is 5.02 Å². The van der Waals surface area contributed by atoms with Crippen LogP contribution in [0.3, 0.4) is 0 Å². The van der Waals surface area contributed by atoms with Gasteiger partial charge in [0.05, 0.1) is 38.1 Å². The van der Waals surface area contributed by atoms with Crippen molar-refractivity contribution in [2.24, 2.45) is 5.10 Å². The van der Waals surface area contributed by atoms with Crippen LogP contribution in [0, 0.1) is 0 Å². The molecule has 0 fully saturated rings. The molecule has 1 aromatic carbocycles. The molecule has 6 nitrogen and oxygen atoms in total. The lowest BCUT2D eigenvalue weighted by Crippen LogP contribution is -2.06. The maximum Gasteiger partial charge on any atom is 0.417 e. The quantitative estimate of drug-likeness (QED) is 0.591. The summed E-state index contributed by atoms with van der Waals surface area (Å²) in [6.45, 7) is 0. The number of hydrogen-bond donors (Lipinski definition) is 1. The SMILES string of the molecule is COc1cc(OC)c(OC)cc1/C=N/Nc1ncc(C(F)(F)F)cc1Cl. The fraction of sp³-hybridized carbons (Fsp3) is 0.250. The Kier molecular flexibility index (Phi) is 6.14. The maximum absolute atomic E-state index is 12.6. The monoisotopic (exact) mass is 389 g/mol. The highest BCUT2D eigenvalue weighted by Crippen LogP contribution is 2.34. The number of aromatic nitrogens is 1. The lowest BCUT2D eigenvalue weighted by molar-refractivity contribution is -0.137. The second-order valence-electron chi connectivity index (χ2n) is 4.87. The van der Waals surface area contributed by atoms with Crippen molar-refractivity contribution in [1.82, 2.24) is 4.98 Å². The van der Waals surface area contributed by atoms with E-state index in [1.54, 1.807) is 12.1 Å². The molecular formula is C16H15ClF3N3O3. The molecule has 1 N–H and O–H groups in total. The summed E-state index contributed by atoms with van der Waals surface area (Å²) in [4.78, 5) is 3.63. The molecule has 2 aromatic rings. The molecule has 0 bridgehead atoms. The number of nitrogens with zero attached hydrogens (tertiary/aromatic N) is 2. The molecule has 10 heteroatoms. The van der Waals surface area contributed by atoms with Crippen LogP contribution in [0.5, 0.6) is 17.2 Å². The molecule has 0 atom stereocenters. The Bertz CT molecular complexity index is 813. The van der Waals surface area contributed by atoms with Gasteiger partial charge in [0.1, 0.15) is 5.75 Å². The minimum atomic E-state index is -4.52. The van der Waals surface area contributed by atoms with E-state index in [0.29, 0.717) is 29.0 Å². The van der Waals surface area contributed by atoms with Crippen LogP contribution in [0.25, 0.3) is 0 Å². The van der Waals surface area contributed by atoms with E-state index in [0.717, 1.165) is 6.07 Å². The lowest BCUT2D eigenvalue weighted by atomic mass is 10.2.